The number of nitrogens with zero attached hydrogens (tertiary/aromatic N) is 2. The van der Waals surface area contributed by atoms with Gasteiger partial charge in [-0.1, -0.05) is 43.7 Å². The Hall–Kier alpha value is -2.74. The smallest absolute Gasteiger partial charge is 0.244 e. The van der Waals surface area contributed by atoms with E-state index < -0.39 is 0 Å². The average molecular weight is 362 g/mol. The monoisotopic (exact) mass is 362 g/mol. The fourth-order valence-electron chi connectivity index (χ4n) is 4.81. The van der Waals surface area contributed by atoms with Gasteiger partial charge in [-0.3, -0.25) is 5.10 Å². The highest BCUT2D eigenvalue weighted by molar-refractivity contribution is 5.54. The first-order valence-corrected chi connectivity index (χ1v) is 9.90. The van der Waals surface area contributed by atoms with Crippen molar-refractivity contribution in [2.24, 2.45) is 5.73 Å². The molecule has 2 heterocycles. The van der Waals surface area contributed by atoms with Gasteiger partial charge in [0.05, 0.1) is 0 Å². The molecule has 2 aliphatic rings. The lowest BCUT2D eigenvalue weighted by Gasteiger charge is -2.42. The number of H-pyrrole nitrogens is 1. The lowest BCUT2D eigenvalue weighted by molar-refractivity contribution is 0.268. The van der Waals surface area contributed by atoms with Gasteiger partial charge < -0.3 is 10.5 Å². The van der Waals surface area contributed by atoms with Crippen molar-refractivity contribution in [2.75, 3.05) is 0 Å². The number of hydrogen-bond donors (Lipinski definition) is 2. The zero-order chi connectivity index (χ0) is 18.9. The summed E-state index contributed by atoms with van der Waals surface area (Å²) in [6, 6.07) is 13.0. The Morgan fingerprint density at radius 2 is 2.04 bits per heavy atom. The number of aromatic nitrogens is 2. The average Bonchev–Trinajstić information content (AvgIpc) is 3.11. The molecule has 1 aliphatic heterocycles. The number of hydrogen-bond acceptors (Lipinski definition) is 4. The van der Waals surface area contributed by atoms with Crippen LogP contribution in [0.25, 0.3) is 0 Å². The summed E-state index contributed by atoms with van der Waals surface area (Å²) in [5.41, 5.74) is 9.92. The Balaban J connectivity index is 1.71. The molecule has 0 amide bonds. The van der Waals surface area contributed by atoms with Crippen LogP contribution in [0.3, 0.4) is 0 Å². The largest absolute Gasteiger partial charge is 0.420 e. The van der Waals surface area contributed by atoms with E-state index in [2.05, 4.69) is 53.5 Å². The van der Waals surface area contributed by atoms with Gasteiger partial charge >= 0.3 is 0 Å². The summed E-state index contributed by atoms with van der Waals surface area (Å²) in [6.07, 6.45) is 6.96. The first-order chi connectivity index (χ1) is 13.2. The Morgan fingerprint density at radius 3 is 2.70 bits per heavy atom. The molecule has 1 fully saturated rings. The Morgan fingerprint density at radius 1 is 1.30 bits per heavy atom. The molecule has 140 valence electrons. The van der Waals surface area contributed by atoms with Gasteiger partial charge in [-0.05, 0) is 50.0 Å². The van der Waals surface area contributed by atoms with Crippen LogP contribution in [0.2, 0.25) is 0 Å². The number of nitrogens with two attached hydrogens (primary N) is 1. The van der Waals surface area contributed by atoms with E-state index in [0.717, 1.165) is 56.2 Å². The third-order valence-electron chi connectivity index (χ3n) is 6.22. The molecule has 3 N–H and O–H groups in total. The zero-order valence-electron chi connectivity index (χ0n) is 15.8. The van der Waals surface area contributed by atoms with Crippen LogP contribution in [0.15, 0.2) is 41.8 Å². The van der Waals surface area contributed by atoms with Crippen molar-refractivity contribution in [1.82, 2.24) is 10.2 Å². The summed E-state index contributed by atoms with van der Waals surface area (Å²) in [5.74, 6) is 1.31. The number of allylic oxidation sites excluding steroid dienone is 1. The summed E-state index contributed by atoms with van der Waals surface area (Å²) >= 11 is 0. The van der Waals surface area contributed by atoms with Gasteiger partial charge in [-0.25, -0.2) is 0 Å². The minimum Gasteiger partial charge on any atom is -0.420 e. The quantitative estimate of drug-likeness (QED) is 0.842. The number of benzene rings is 1. The number of rotatable bonds is 4. The molecule has 5 nitrogen and oxygen atoms in total. The number of nitrogens with one attached hydrogen (secondary N) is 1. The first kappa shape index (κ1) is 17.7. The minimum atomic E-state index is -0.367. The van der Waals surface area contributed by atoms with Gasteiger partial charge in [0, 0.05) is 16.7 Å². The van der Waals surface area contributed by atoms with E-state index in [1.807, 2.05) is 0 Å². The van der Waals surface area contributed by atoms with Crippen molar-refractivity contribution >= 4 is 0 Å². The molecule has 27 heavy (non-hydrogen) atoms. The van der Waals surface area contributed by atoms with Crippen LogP contribution in [0, 0.1) is 11.3 Å². The molecule has 1 aromatic carbocycles. The molecular formula is C22H26N4O. The Kier molecular flexibility index (Phi) is 4.65. The van der Waals surface area contributed by atoms with Crippen LogP contribution in [-0.4, -0.2) is 10.2 Å². The van der Waals surface area contributed by atoms with Gasteiger partial charge in [0.25, 0.3) is 0 Å². The van der Waals surface area contributed by atoms with Crippen LogP contribution in [0.1, 0.15) is 68.2 Å². The van der Waals surface area contributed by atoms with Crippen molar-refractivity contribution in [2.45, 2.75) is 63.2 Å². The number of unbranched alkanes of at least 4 members (excludes halogenated alkanes) is 1. The van der Waals surface area contributed by atoms with Crippen molar-refractivity contribution in [3.05, 3.63) is 58.6 Å². The number of aryl methyl sites for hydroxylation is 1. The maximum atomic E-state index is 9.89. The predicted molar refractivity (Wildman–Crippen MR) is 104 cm³/mol. The van der Waals surface area contributed by atoms with Crippen LogP contribution >= 0.6 is 0 Å². The highest BCUT2D eigenvalue weighted by atomic mass is 16.5. The van der Waals surface area contributed by atoms with Crippen molar-refractivity contribution in [1.29, 1.82) is 5.26 Å². The molecule has 0 atom stereocenters. The third-order valence-corrected chi connectivity index (χ3v) is 6.22. The van der Waals surface area contributed by atoms with E-state index in [1.165, 1.54) is 5.56 Å². The maximum absolute atomic E-state index is 9.89. The second kappa shape index (κ2) is 7.11. The molecule has 2 aromatic rings. The Bertz CT molecular complexity index is 883. The van der Waals surface area contributed by atoms with Crippen molar-refractivity contribution < 1.29 is 4.74 Å². The summed E-state index contributed by atoms with van der Waals surface area (Å²) in [6.45, 7) is 2.18. The van der Waals surface area contributed by atoms with Gasteiger partial charge in [-0.15, -0.1) is 5.10 Å². The van der Waals surface area contributed by atoms with E-state index in [-0.39, 0.29) is 11.3 Å². The van der Waals surface area contributed by atoms with E-state index in [9.17, 15) is 5.26 Å². The van der Waals surface area contributed by atoms with Crippen molar-refractivity contribution in [3.63, 3.8) is 0 Å². The lowest BCUT2D eigenvalue weighted by atomic mass is 9.61. The van der Waals surface area contributed by atoms with Gasteiger partial charge in [0.1, 0.15) is 11.6 Å². The van der Waals surface area contributed by atoms with Crippen LogP contribution in [0.5, 0.6) is 5.88 Å². The molecule has 0 unspecified atom stereocenters. The number of ether oxygens (including phenoxy) is 1. The number of fused-ring (bicyclic) bond motifs is 2. The van der Waals surface area contributed by atoms with Crippen LogP contribution < -0.4 is 10.5 Å². The second-order valence-corrected chi connectivity index (χ2v) is 7.71. The van der Waals surface area contributed by atoms with Gasteiger partial charge in [0.2, 0.25) is 11.8 Å². The lowest BCUT2D eigenvalue weighted by Crippen LogP contribution is -2.39. The van der Waals surface area contributed by atoms with Gasteiger partial charge in [-0.2, -0.15) is 5.26 Å². The molecule has 1 aliphatic carbocycles. The normalized spacial score (nSPS) is 24.4. The second-order valence-electron chi connectivity index (χ2n) is 7.71. The van der Waals surface area contributed by atoms with Crippen LogP contribution in [0.4, 0.5) is 0 Å². The summed E-state index contributed by atoms with van der Waals surface area (Å²) in [5, 5.41) is 17.4. The molecule has 1 saturated carbocycles. The maximum Gasteiger partial charge on any atom is 0.244 e. The Labute approximate surface area is 160 Å². The molecule has 4 rings (SSSR count). The highest BCUT2D eigenvalue weighted by Crippen LogP contribution is 2.54. The topological polar surface area (TPSA) is 87.7 Å². The fourth-order valence-corrected chi connectivity index (χ4v) is 4.81. The molecule has 0 radical (unpaired) electrons. The summed E-state index contributed by atoms with van der Waals surface area (Å²) < 4.78 is 5.73. The third kappa shape index (κ3) is 2.90. The molecule has 1 spiro atoms. The number of nitriles is 1. The van der Waals surface area contributed by atoms with Crippen molar-refractivity contribution in [3.8, 4) is 11.9 Å². The zero-order valence-corrected chi connectivity index (χ0v) is 15.8. The van der Waals surface area contributed by atoms with E-state index in [4.69, 9.17) is 10.5 Å². The van der Waals surface area contributed by atoms with E-state index in [1.54, 1.807) is 0 Å². The number of aromatic amines is 1. The van der Waals surface area contributed by atoms with E-state index in [0.29, 0.717) is 17.4 Å². The SMILES string of the molecule is CCCCc1[nH]nc2c1C1(CCC(c3ccccc3)CC1)C(C#N)=C(N)O2. The predicted octanol–water partition coefficient (Wildman–Crippen LogP) is 4.43. The summed E-state index contributed by atoms with van der Waals surface area (Å²) in [4.78, 5) is 0. The molecule has 0 saturated heterocycles. The standard InChI is InChI=1S/C22H26N4O/c1-2-3-9-18-19-21(26-25-18)27-20(24)17(14-23)22(19)12-10-16(11-13-22)15-7-5-4-6-8-15/h4-8,16H,2-3,9-13,24H2,1H3,(H,25,26). The fraction of sp³-hybridized carbons (Fsp3) is 0.455. The molecule has 0 bridgehead atoms. The molecule has 1 aromatic heterocycles. The summed E-state index contributed by atoms with van der Waals surface area (Å²) in [7, 11) is 0. The first-order valence-electron chi connectivity index (χ1n) is 9.90. The molecular weight excluding hydrogens is 336 g/mol. The van der Waals surface area contributed by atoms with E-state index >= 15 is 0 Å². The highest BCUT2D eigenvalue weighted by Gasteiger charge is 2.49. The van der Waals surface area contributed by atoms with Crippen LogP contribution in [-0.2, 0) is 11.8 Å². The minimum absolute atomic E-state index is 0.219. The molecule has 5 heteroatoms. The van der Waals surface area contributed by atoms with Gasteiger partial charge in [0.15, 0.2) is 0 Å².